The van der Waals surface area contributed by atoms with Crippen molar-refractivity contribution in [2.45, 2.75) is 20.8 Å². The van der Waals surface area contributed by atoms with Crippen molar-refractivity contribution in [3.05, 3.63) is 77.4 Å². The van der Waals surface area contributed by atoms with E-state index >= 15 is 0 Å². The summed E-state index contributed by atoms with van der Waals surface area (Å²) in [6.07, 6.45) is 0. The van der Waals surface area contributed by atoms with Gasteiger partial charge < -0.3 is 0 Å². The molecule has 19 heavy (non-hydrogen) atoms. The fraction of sp³-hybridized carbons (Fsp3) is 0.167. The average Bonchev–Trinajstić information content (AvgIpc) is 2.71. The number of rotatable bonds is 0. The second-order valence-corrected chi connectivity index (χ2v) is 4.58. The number of benzene rings is 2. The van der Waals surface area contributed by atoms with E-state index in [2.05, 4.69) is 57.2 Å². The Morgan fingerprint density at radius 1 is 0.947 bits per heavy atom. The summed E-state index contributed by atoms with van der Waals surface area (Å²) >= 11 is 0. The van der Waals surface area contributed by atoms with Gasteiger partial charge >= 0.3 is 21.1 Å². The minimum atomic E-state index is 0. The molecule has 0 spiro atoms. The molecule has 0 heterocycles. The summed E-state index contributed by atoms with van der Waals surface area (Å²) in [4.78, 5) is 0. The summed E-state index contributed by atoms with van der Waals surface area (Å²) in [5.74, 6) is 0. The maximum Gasteiger partial charge on any atom is 2.00 e. The monoisotopic (exact) mass is 429 g/mol. The van der Waals surface area contributed by atoms with Crippen LogP contribution in [0.5, 0.6) is 0 Å². The van der Waals surface area contributed by atoms with Crippen molar-refractivity contribution in [2.75, 3.05) is 0 Å². The van der Waals surface area contributed by atoms with Gasteiger partial charge in [0.2, 0.25) is 0 Å². The molecule has 0 aliphatic carbocycles. The van der Waals surface area contributed by atoms with Gasteiger partial charge in [0.05, 0.1) is 0 Å². The van der Waals surface area contributed by atoms with Crippen LogP contribution in [0.1, 0.15) is 16.7 Å². The summed E-state index contributed by atoms with van der Waals surface area (Å²) < 4.78 is 0. The van der Waals surface area contributed by atoms with Crippen LogP contribution >= 0.6 is 0 Å². The van der Waals surface area contributed by atoms with E-state index < -0.39 is 0 Å². The molecule has 1 heteroatoms. The Labute approximate surface area is 130 Å². The minimum absolute atomic E-state index is 0. The Kier molecular flexibility index (Phi) is 6.12. The van der Waals surface area contributed by atoms with Crippen molar-refractivity contribution in [2.24, 2.45) is 0 Å². The molecule has 0 nitrogen and oxygen atoms in total. The molecular weight excluding hydrogens is 411 g/mol. The molecule has 0 atom stereocenters. The van der Waals surface area contributed by atoms with Gasteiger partial charge in [0, 0.05) is 0 Å². The first-order valence-corrected chi connectivity index (χ1v) is 6.23. The first-order chi connectivity index (χ1) is 8.68. The molecule has 0 aromatic heterocycles. The quantitative estimate of drug-likeness (QED) is 0.443. The standard InChI is InChI=1S/C10H7.C8H11.Pt/c1-2-6-10-8-4-3-7-9(10)5-1;1-6-4-5-7(2)8(6)3;/h1-7H;4-5H,1-3H3;/q2*-1;+2. The molecule has 0 unspecified atom stereocenters. The van der Waals surface area contributed by atoms with Gasteiger partial charge in [-0.25, -0.2) is 6.07 Å². The first-order valence-electron chi connectivity index (χ1n) is 6.23. The Morgan fingerprint density at radius 3 is 2.16 bits per heavy atom. The molecule has 0 aliphatic rings. The SMILES string of the molecule is Cc1cc[c-](C)c1C.[Pt+2].[c-]1cccc2ccccc12. The molecular formula is C18H18Pt. The molecule has 0 saturated carbocycles. The van der Waals surface area contributed by atoms with Crippen molar-refractivity contribution in [1.29, 1.82) is 0 Å². The maximum atomic E-state index is 3.15. The van der Waals surface area contributed by atoms with E-state index in [-0.39, 0.29) is 21.1 Å². The normalized spacial score (nSPS) is 9.42. The Hall–Kier alpha value is -1.26. The molecule has 3 aromatic carbocycles. The number of hydrogen-bond donors (Lipinski definition) is 0. The van der Waals surface area contributed by atoms with Crippen LogP contribution in [0.2, 0.25) is 0 Å². The van der Waals surface area contributed by atoms with E-state index in [1.54, 1.807) is 0 Å². The number of fused-ring (bicyclic) bond motifs is 1. The first kappa shape index (κ1) is 15.8. The Balaban J connectivity index is 0.000000185. The van der Waals surface area contributed by atoms with Gasteiger partial charge in [-0.05, 0) is 0 Å². The van der Waals surface area contributed by atoms with Crippen molar-refractivity contribution >= 4 is 10.8 Å². The second kappa shape index (κ2) is 7.36. The van der Waals surface area contributed by atoms with E-state index in [9.17, 15) is 0 Å². The Bertz CT molecular complexity index is 550. The van der Waals surface area contributed by atoms with E-state index in [1.165, 1.54) is 27.5 Å². The summed E-state index contributed by atoms with van der Waals surface area (Å²) in [5.41, 5.74) is 4.25. The minimum Gasteiger partial charge on any atom is -0.210 e. The topological polar surface area (TPSA) is 0 Å². The number of hydrogen-bond acceptors (Lipinski definition) is 0. The van der Waals surface area contributed by atoms with Crippen molar-refractivity contribution in [1.82, 2.24) is 0 Å². The predicted molar refractivity (Wildman–Crippen MR) is 79.0 cm³/mol. The maximum absolute atomic E-state index is 3.15. The van der Waals surface area contributed by atoms with E-state index in [0.29, 0.717) is 0 Å². The van der Waals surface area contributed by atoms with Gasteiger partial charge in [-0.3, -0.25) is 0 Å². The molecule has 0 saturated heterocycles. The van der Waals surface area contributed by atoms with Crippen molar-refractivity contribution < 1.29 is 21.1 Å². The summed E-state index contributed by atoms with van der Waals surface area (Å²) in [6, 6.07) is 21.7. The third-order valence-corrected chi connectivity index (χ3v) is 3.34. The van der Waals surface area contributed by atoms with Gasteiger partial charge in [-0.1, -0.05) is 32.9 Å². The largest absolute Gasteiger partial charge is 2.00 e. The molecule has 0 radical (unpaired) electrons. The van der Waals surface area contributed by atoms with Crippen LogP contribution in [0.15, 0.2) is 54.6 Å². The van der Waals surface area contributed by atoms with Gasteiger partial charge in [-0.2, -0.15) is 22.8 Å². The van der Waals surface area contributed by atoms with Gasteiger partial charge in [0.25, 0.3) is 0 Å². The van der Waals surface area contributed by atoms with E-state index in [0.717, 1.165) is 0 Å². The zero-order chi connectivity index (χ0) is 13.0. The molecule has 0 fully saturated rings. The molecule has 100 valence electrons. The van der Waals surface area contributed by atoms with Crippen LogP contribution in [0.3, 0.4) is 0 Å². The average molecular weight is 429 g/mol. The summed E-state index contributed by atoms with van der Waals surface area (Å²) in [7, 11) is 0. The van der Waals surface area contributed by atoms with Crippen LogP contribution in [0.4, 0.5) is 0 Å². The summed E-state index contributed by atoms with van der Waals surface area (Å²) in [5, 5.41) is 2.44. The number of aryl methyl sites for hydroxylation is 2. The van der Waals surface area contributed by atoms with Crippen LogP contribution in [-0.2, 0) is 21.1 Å². The molecule has 0 bridgehead atoms. The molecule has 0 amide bonds. The van der Waals surface area contributed by atoms with E-state index in [4.69, 9.17) is 0 Å². The van der Waals surface area contributed by atoms with Crippen LogP contribution in [0, 0.1) is 26.8 Å². The third kappa shape index (κ3) is 4.11. The van der Waals surface area contributed by atoms with Crippen molar-refractivity contribution in [3.8, 4) is 0 Å². The smallest absolute Gasteiger partial charge is 0.210 e. The van der Waals surface area contributed by atoms with Crippen LogP contribution in [0.25, 0.3) is 10.8 Å². The zero-order valence-corrected chi connectivity index (χ0v) is 13.8. The van der Waals surface area contributed by atoms with Crippen molar-refractivity contribution in [3.63, 3.8) is 0 Å². The molecule has 3 rings (SSSR count). The third-order valence-electron chi connectivity index (χ3n) is 3.34. The van der Waals surface area contributed by atoms with E-state index in [1.807, 2.05) is 24.3 Å². The zero-order valence-electron chi connectivity index (χ0n) is 11.5. The molecule has 3 aromatic rings. The summed E-state index contributed by atoms with van der Waals surface area (Å²) in [6.45, 7) is 6.44. The van der Waals surface area contributed by atoms with Gasteiger partial charge in [0.1, 0.15) is 0 Å². The van der Waals surface area contributed by atoms with Gasteiger partial charge in [0.15, 0.2) is 0 Å². The fourth-order valence-corrected chi connectivity index (χ4v) is 1.87. The Morgan fingerprint density at radius 2 is 1.63 bits per heavy atom. The van der Waals surface area contributed by atoms with Crippen LogP contribution < -0.4 is 0 Å². The van der Waals surface area contributed by atoms with Crippen LogP contribution in [-0.4, -0.2) is 0 Å². The molecule has 0 aliphatic heterocycles. The van der Waals surface area contributed by atoms with Gasteiger partial charge in [-0.15, -0.1) is 47.2 Å². The molecule has 0 N–H and O–H groups in total. The predicted octanol–water partition coefficient (Wildman–Crippen LogP) is 4.97. The fourth-order valence-electron chi connectivity index (χ4n) is 1.87. The second-order valence-electron chi connectivity index (χ2n) is 4.58.